The number of benzene rings is 1. The van der Waals surface area contributed by atoms with Crippen LogP contribution in [0.3, 0.4) is 0 Å². The Labute approximate surface area is 126 Å². The van der Waals surface area contributed by atoms with E-state index in [1.54, 1.807) is 6.20 Å². The van der Waals surface area contributed by atoms with Crippen molar-refractivity contribution < 1.29 is 0 Å². The molecule has 5 heteroatoms. The molecule has 0 spiro atoms. The van der Waals surface area contributed by atoms with Crippen molar-refractivity contribution in [1.82, 2.24) is 15.2 Å². The maximum atomic E-state index is 4.44. The molecule has 2 N–H and O–H groups in total. The van der Waals surface area contributed by atoms with Crippen molar-refractivity contribution in [3.05, 3.63) is 36.0 Å². The van der Waals surface area contributed by atoms with Gasteiger partial charge in [0.1, 0.15) is 0 Å². The van der Waals surface area contributed by atoms with Gasteiger partial charge in [-0.25, -0.2) is 0 Å². The first-order chi connectivity index (χ1) is 10.2. The van der Waals surface area contributed by atoms with Crippen LogP contribution in [0.5, 0.6) is 0 Å². The van der Waals surface area contributed by atoms with Crippen LogP contribution in [-0.2, 0) is 0 Å². The number of nitrogens with zero attached hydrogens (tertiary/aromatic N) is 3. The highest BCUT2D eigenvalue weighted by atomic mass is 15.3. The molecule has 0 aliphatic rings. The lowest BCUT2D eigenvalue weighted by molar-refractivity contribution is 0.827. The van der Waals surface area contributed by atoms with Gasteiger partial charge >= 0.3 is 0 Å². The molecule has 112 valence electrons. The van der Waals surface area contributed by atoms with E-state index in [2.05, 4.69) is 52.7 Å². The maximum Gasteiger partial charge on any atom is 0.249 e. The molecule has 1 aromatic carbocycles. The van der Waals surface area contributed by atoms with Crippen LogP contribution in [0.25, 0.3) is 0 Å². The second kappa shape index (κ2) is 7.57. The summed E-state index contributed by atoms with van der Waals surface area (Å²) in [6, 6.07) is 8.20. The molecule has 0 atom stereocenters. The molecule has 0 saturated carbocycles. The van der Waals surface area contributed by atoms with Gasteiger partial charge in [0.25, 0.3) is 0 Å². The molecule has 1 heterocycles. The Kier molecular flexibility index (Phi) is 5.49. The molecule has 5 nitrogen and oxygen atoms in total. The molecule has 2 rings (SSSR count). The highest BCUT2D eigenvalue weighted by Crippen LogP contribution is 2.25. The standard InChI is InChI=1S/C16H23N5/c1-4-5-10-17-15-11-18-21-16(20-15)19-14-9-7-6-8-13(14)12(2)3/h6-9,11-12H,4-5,10H2,1-3H3,(H2,17,19,20,21). The number of hydrogen-bond donors (Lipinski definition) is 2. The summed E-state index contributed by atoms with van der Waals surface area (Å²) in [5.41, 5.74) is 2.27. The van der Waals surface area contributed by atoms with Crippen LogP contribution in [0, 0.1) is 0 Å². The lowest BCUT2D eigenvalue weighted by Gasteiger charge is -2.13. The third kappa shape index (κ3) is 4.41. The predicted octanol–water partition coefficient (Wildman–Crippen LogP) is 3.95. The normalized spacial score (nSPS) is 10.7. The van der Waals surface area contributed by atoms with Gasteiger partial charge in [-0.2, -0.15) is 10.1 Å². The van der Waals surface area contributed by atoms with Crippen molar-refractivity contribution in [3.63, 3.8) is 0 Å². The van der Waals surface area contributed by atoms with Crippen molar-refractivity contribution in [3.8, 4) is 0 Å². The average Bonchev–Trinajstić information content (AvgIpc) is 2.48. The second-order valence-corrected chi connectivity index (χ2v) is 5.31. The molecular formula is C16H23N5. The van der Waals surface area contributed by atoms with Crippen LogP contribution in [0.15, 0.2) is 30.5 Å². The minimum Gasteiger partial charge on any atom is -0.369 e. The fourth-order valence-corrected chi connectivity index (χ4v) is 2.07. The monoisotopic (exact) mass is 285 g/mol. The molecule has 0 radical (unpaired) electrons. The smallest absolute Gasteiger partial charge is 0.249 e. The van der Waals surface area contributed by atoms with E-state index in [1.165, 1.54) is 5.56 Å². The number of para-hydroxylation sites is 1. The molecule has 0 aliphatic carbocycles. The molecule has 0 saturated heterocycles. The first-order valence-corrected chi connectivity index (χ1v) is 7.50. The summed E-state index contributed by atoms with van der Waals surface area (Å²) in [4.78, 5) is 4.44. The average molecular weight is 285 g/mol. The zero-order valence-electron chi connectivity index (χ0n) is 12.9. The lowest BCUT2D eigenvalue weighted by Crippen LogP contribution is -2.07. The van der Waals surface area contributed by atoms with Crippen molar-refractivity contribution in [2.45, 2.75) is 39.5 Å². The van der Waals surface area contributed by atoms with Crippen molar-refractivity contribution >= 4 is 17.5 Å². The van der Waals surface area contributed by atoms with Gasteiger partial charge in [-0.1, -0.05) is 45.4 Å². The van der Waals surface area contributed by atoms with Crippen LogP contribution in [0.1, 0.15) is 45.1 Å². The summed E-state index contributed by atoms with van der Waals surface area (Å²) in [7, 11) is 0. The first-order valence-electron chi connectivity index (χ1n) is 7.50. The number of anilines is 3. The topological polar surface area (TPSA) is 62.7 Å². The van der Waals surface area contributed by atoms with Gasteiger partial charge in [-0.05, 0) is 24.0 Å². The molecule has 0 fully saturated rings. The van der Waals surface area contributed by atoms with Gasteiger partial charge < -0.3 is 10.6 Å². The third-order valence-electron chi connectivity index (χ3n) is 3.22. The van der Waals surface area contributed by atoms with Gasteiger partial charge in [0.2, 0.25) is 5.95 Å². The van der Waals surface area contributed by atoms with Crippen LogP contribution in [0.4, 0.5) is 17.5 Å². The third-order valence-corrected chi connectivity index (χ3v) is 3.22. The van der Waals surface area contributed by atoms with E-state index >= 15 is 0 Å². The molecule has 21 heavy (non-hydrogen) atoms. The van der Waals surface area contributed by atoms with E-state index in [0.29, 0.717) is 11.9 Å². The van der Waals surface area contributed by atoms with Gasteiger partial charge in [-0.15, -0.1) is 5.10 Å². The zero-order chi connectivity index (χ0) is 15.1. The Morgan fingerprint density at radius 1 is 1.19 bits per heavy atom. The number of aromatic nitrogens is 3. The Hall–Kier alpha value is -2.17. The summed E-state index contributed by atoms with van der Waals surface area (Å²) in [6.07, 6.45) is 3.91. The fourth-order valence-electron chi connectivity index (χ4n) is 2.07. The van der Waals surface area contributed by atoms with Crippen LogP contribution >= 0.6 is 0 Å². The summed E-state index contributed by atoms with van der Waals surface area (Å²) >= 11 is 0. The minimum absolute atomic E-state index is 0.438. The Morgan fingerprint density at radius 3 is 2.76 bits per heavy atom. The quantitative estimate of drug-likeness (QED) is 0.754. The van der Waals surface area contributed by atoms with E-state index in [-0.39, 0.29) is 0 Å². The number of unbranched alkanes of at least 4 members (excludes halogenated alkanes) is 1. The Balaban J connectivity index is 2.11. The molecule has 2 aromatic rings. The largest absolute Gasteiger partial charge is 0.369 e. The van der Waals surface area contributed by atoms with Gasteiger partial charge in [0.05, 0.1) is 6.20 Å². The number of rotatable bonds is 7. The molecular weight excluding hydrogens is 262 g/mol. The van der Waals surface area contributed by atoms with E-state index < -0.39 is 0 Å². The molecule has 1 aromatic heterocycles. The van der Waals surface area contributed by atoms with E-state index in [4.69, 9.17) is 0 Å². The Morgan fingerprint density at radius 2 is 2.00 bits per heavy atom. The Bertz CT molecular complexity index is 568. The van der Waals surface area contributed by atoms with E-state index in [9.17, 15) is 0 Å². The second-order valence-electron chi connectivity index (χ2n) is 5.31. The highest BCUT2D eigenvalue weighted by molar-refractivity contribution is 5.59. The summed E-state index contributed by atoms with van der Waals surface area (Å²) in [5.74, 6) is 1.71. The summed E-state index contributed by atoms with van der Waals surface area (Å²) < 4.78 is 0. The number of hydrogen-bond acceptors (Lipinski definition) is 5. The molecule has 0 bridgehead atoms. The first kappa shape index (κ1) is 15.2. The summed E-state index contributed by atoms with van der Waals surface area (Å²) in [6.45, 7) is 7.40. The minimum atomic E-state index is 0.438. The predicted molar refractivity (Wildman–Crippen MR) is 87.0 cm³/mol. The number of nitrogens with one attached hydrogen (secondary N) is 2. The molecule has 0 amide bonds. The van der Waals surface area contributed by atoms with Gasteiger partial charge in [-0.3, -0.25) is 0 Å². The van der Waals surface area contributed by atoms with Crippen molar-refractivity contribution in [2.75, 3.05) is 17.2 Å². The van der Waals surface area contributed by atoms with Crippen molar-refractivity contribution in [1.29, 1.82) is 0 Å². The SMILES string of the molecule is CCCCNc1cnnc(Nc2ccccc2C(C)C)n1. The van der Waals surface area contributed by atoms with Crippen LogP contribution < -0.4 is 10.6 Å². The van der Waals surface area contributed by atoms with Crippen molar-refractivity contribution in [2.24, 2.45) is 0 Å². The highest BCUT2D eigenvalue weighted by Gasteiger charge is 2.07. The van der Waals surface area contributed by atoms with Crippen LogP contribution in [-0.4, -0.2) is 21.7 Å². The molecule has 0 aliphatic heterocycles. The van der Waals surface area contributed by atoms with Crippen LogP contribution in [0.2, 0.25) is 0 Å². The van der Waals surface area contributed by atoms with Gasteiger partial charge in [0, 0.05) is 12.2 Å². The van der Waals surface area contributed by atoms with E-state index in [0.717, 1.165) is 30.9 Å². The maximum absolute atomic E-state index is 4.44. The van der Waals surface area contributed by atoms with Gasteiger partial charge in [0.15, 0.2) is 5.82 Å². The van der Waals surface area contributed by atoms with E-state index in [1.807, 2.05) is 18.2 Å². The fraction of sp³-hybridized carbons (Fsp3) is 0.438. The zero-order valence-corrected chi connectivity index (χ0v) is 12.9. The summed E-state index contributed by atoms with van der Waals surface area (Å²) in [5, 5.41) is 14.6. The molecule has 0 unspecified atom stereocenters. The lowest BCUT2D eigenvalue weighted by atomic mass is 10.0.